The monoisotopic (exact) mass is 696 g/mol. The molecule has 1 aliphatic rings. The summed E-state index contributed by atoms with van der Waals surface area (Å²) in [4.78, 5) is 48.4. The van der Waals surface area contributed by atoms with Gasteiger partial charge in [0.15, 0.2) is 30.1 Å². The van der Waals surface area contributed by atoms with Gasteiger partial charge in [-0.2, -0.15) is 4.39 Å². The molecule has 0 aromatic heterocycles. The van der Waals surface area contributed by atoms with Crippen molar-refractivity contribution in [3.05, 3.63) is 96.1 Å². The normalized spacial score (nSPS) is 15.6. The number of hydrogen-bond donors (Lipinski definition) is 0. The summed E-state index contributed by atoms with van der Waals surface area (Å²) in [7, 11) is 0. The average Bonchev–Trinajstić information content (AvgIpc) is 3.58. The third kappa shape index (κ3) is 9.95. The maximum atomic E-state index is 14.8. The highest BCUT2D eigenvalue weighted by Gasteiger charge is 2.47. The molecule has 11 nitrogen and oxygen atoms in total. The molecule has 0 spiro atoms. The molecule has 1 aliphatic heterocycles. The quantitative estimate of drug-likeness (QED) is 0.0509. The molecule has 1 saturated heterocycles. The highest BCUT2D eigenvalue weighted by Crippen LogP contribution is 2.34. The summed E-state index contributed by atoms with van der Waals surface area (Å²) in [5.74, 6) is -5.92. The molecule has 13 heteroatoms. The van der Waals surface area contributed by atoms with Gasteiger partial charge in [0.05, 0.1) is 32.0 Å². The lowest BCUT2D eigenvalue weighted by Gasteiger charge is -2.13. The maximum Gasteiger partial charge on any atom is 0.346 e. The molecule has 0 bridgehead atoms. The van der Waals surface area contributed by atoms with E-state index >= 15 is 0 Å². The number of ether oxygens (including phenoxy) is 7. The van der Waals surface area contributed by atoms with E-state index in [1.807, 2.05) is 0 Å². The van der Waals surface area contributed by atoms with E-state index in [4.69, 9.17) is 33.2 Å². The first kappa shape index (κ1) is 37.7. The van der Waals surface area contributed by atoms with Gasteiger partial charge in [-0.3, -0.25) is 0 Å². The first-order valence-corrected chi connectivity index (χ1v) is 16.1. The van der Waals surface area contributed by atoms with Crippen LogP contribution in [0.5, 0.6) is 11.5 Å². The molecule has 3 aromatic rings. The number of carbonyl (C=O) groups is 4. The van der Waals surface area contributed by atoms with Gasteiger partial charge in [0.1, 0.15) is 5.75 Å². The fourth-order valence-corrected chi connectivity index (χ4v) is 4.89. The van der Waals surface area contributed by atoms with E-state index < -0.39 is 59.6 Å². The van der Waals surface area contributed by atoms with Crippen LogP contribution in [0.15, 0.2) is 73.3 Å². The summed E-state index contributed by atoms with van der Waals surface area (Å²) >= 11 is 0. The number of unbranched alkanes of at least 4 members (excludes halogenated alkanes) is 3. The summed E-state index contributed by atoms with van der Waals surface area (Å²) in [6.45, 7) is 7.21. The van der Waals surface area contributed by atoms with Gasteiger partial charge in [-0.15, -0.1) is 0 Å². The lowest BCUT2D eigenvalue weighted by atomic mass is 10.0. The third-order valence-corrected chi connectivity index (χ3v) is 7.41. The summed E-state index contributed by atoms with van der Waals surface area (Å²) in [5.41, 5.74) is 1.47. The Balaban J connectivity index is 1.30. The fourth-order valence-electron chi connectivity index (χ4n) is 4.89. The Morgan fingerprint density at radius 2 is 1.28 bits per heavy atom. The number of halogens is 2. The highest BCUT2D eigenvalue weighted by atomic mass is 19.2. The third-order valence-electron chi connectivity index (χ3n) is 7.41. The van der Waals surface area contributed by atoms with Crippen molar-refractivity contribution >= 4 is 23.9 Å². The number of carbonyl (C=O) groups excluding carboxylic acids is 4. The standard InChI is InChI=1S/C37H38F2O11/c1-4-29(40)47-22-10-8-7-9-21-46-28-20-19-27(30(38)31(28)39)34(41)48-26-17-15-24(16-18-26)23-11-13-25(14-12-23)37-49-32(35(42)44-5-2)33(50-37)36(43)45-6-3/h4,11-20,32-33,37H,1,5-10,21-22H2,2-3H3/t32-,33-/m1/s1. The summed E-state index contributed by atoms with van der Waals surface area (Å²) in [6, 6.07) is 15.6. The van der Waals surface area contributed by atoms with E-state index in [2.05, 4.69) is 6.58 Å². The lowest BCUT2D eigenvalue weighted by molar-refractivity contribution is -0.163. The van der Waals surface area contributed by atoms with Crippen LogP contribution in [0.3, 0.4) is 0 Å². The van der Waals surface area contributed by atoms with Crippen molar-refractivity contribution in [1.82, 2.24) is 0 Å². The highest BCUT2D eigenvalue weighted by molar-refractivity contribution is 5.91. The number of rotatable bonds is 17. The van der Waals surface area contributed by atoms with Crippen molar-refractivity contribution < 1.29 is 61.1 Å². The number of benzene rings is 3. The van der Waals surface area contributed by atoms with Gasteiger partial charge in [0.25, 0.3) is 0 Å². The van der Waals surface area contributed by atoms with Crippen LogP contribution in [0.25, 0.3) is 11.1 Å². The smallest absolute Gasteiger partial charge is 0.346 e. The SMILES string of the molecule is C=CC(=O)OCCCCCCOc1ccc(C(=O)Oc2ccc(-c3ccc(C4O[C@@H](C(=O)OCC)[C@H](C(=O)OCC)O4)cc3)cc2)c(F)c1F. The Morgan fingerprint density at radius 1 is 0.720 bits per heavy atom. The van der Waals surface area contributed by atoms with Gasteiger partial charge >= 0.3 is 23.9 Å². The van der Waals surface area contributed by atoms with E-state index in [1.165, 1.54) is 18.2 Å². The predicted octanol–water partition coefficient (Wildman–Crippen LogP) is 6.43. The van der Waals surface area contributed by atoms with Gasteiger partial charge in [0.2, 0.25) is 5.82 Å². The zero-order valence-corrected chi connectivity index (χ0v) is 27.7. The molecule has 0 saturated carbocycles. The lowest BCUT2D eigenvalue weighted by Crippen LogP contribution is -2.39. The Kier molecular flexibility index (Phi) is 14.0. The molecule has 0 amide bonds. The Bertz CT molecular complexity index is 1610. The number of hydrogen-bond acceptors (Lipinski definition) is 11. The minimum atomic E-state index is -1.38. The van der Waals surface area contributed by atoms with E-state index in [1.54, 1.807) is 50.2 Å². The number of esters is 4. The summed E-state index contributed by atoms with van der Waals surface area (Å²) < 4.78 is 66.5. The molecular weight excluding hydrogens is 658 g/mol. The second-order valence-electron chi connectivity index (χ2n) is 10.9. The fraction of sp³-hybridized carbons (Fsp3) is 0.351. The molecule has 0 unspecified atom stereocenters. The zero-order chi connectivity index (χ0) is 36.0. The van der Waals surface area contributed by atoms with Gasteiger partial charge in [0, 0.05) is 11.6 Å². The topological polar surface area (TPSA) is 133 Å². The van der Waals surface area contributed by atoms with Crippen LogP contribution in [-0.2, 0) is 38.1 Å². The van der Waals surface area contributed by atoms with Crippen molar-refractivity contribution in [3.63, 3.8) is 0 Å². The van der Waals surface area contributed by atoms with Crippen LogP contribution in [-0.4, -0.2) is 62.5 Å². The molecule has 266 valence electrons. The van der Waals surface area contributed by atoms with Crippen LogP contribution in [0.1, 0.15) is 61.7 Å². The molecule has 0 radical (unpaired) electrons. The second-order valence-corrected chi connectivity index (χ2v) is 10.9. The van der Waals surface area contributed by atoms with Gasteiger partial charge in [-0.25, -0.2) is 23.6 Å². The molecule has 0 aliphatic carbocycles. The van der Waals surface area contributed by atoms with Gasteiger partial charge in [-0.1, -0.05) is 43.0 Å². The minimum absolute atomic E-state index is 0.104. The summed E-state index contributed by atoms with van der Waals surface area (Å²) in [6.07, 6.45) is 0.234. The van der Waals surface area contributed by atoms with E-state index in [9.17, 15) is 28.0 Å². The molecule has 2 atom stereocenters. The van der Waals surface area contributed by atoms with Crippen molar-refractivity contribution in [2.75, 3.05) is 26.4 Å². The van der Waals surface area contributed by atoms with Crippen molar-refractivity contribution in [1.29, 1.82) is 0 Å². The molecule has 0 N–H and O–H groups in total. The van der Waals surface area contributed by atoms with Crippen LogP contribution in [0, 0.1) is 11.6 Å². The van der Waals surface area contributed by atoms with Crippen molar-refractivity contribution in [2.45, 2.75) is 58.0 Å². The predicted molar refractivity (Wildman–Crippen MR) is 174 cm³/mol. The molecular formula is C37H38F2O11. The molecule has 3 aromatic carbocycles. The van der Waals surface area contributed by atoms with Crippen LogP contribution >= 0.6 is 0 Å². The largest absolute Gasteiger partial charge is 0.490 e. The molecule has 50 heavy (non-hydrogen) atoms. The van der Waals surface area contributed by atoms with E-state index in [-0.39, 0.29) is 37.9 Å². The summed E-state index contributed by atoms with van der Waals surface area (Å²) in [5, 5.41) is 0. The van der Waals surface area contributed by atoms with Crippen LogP contribution in [0.2, 0.25) is 0 Å². The van der Waals surface area contributed by atoms with E-state index in [0.29, 0.717) is 18.4 Å². The average molecular weight is 697 g/mol. The van der Waals surface area contributed by atoms with Crippen LogP contribution < -0.4 is 9.47 Å². The first-order valence-electron chi connectivity index (χ1n) is 16.1. The van der Waals surface area contributed by atoms with Crippen LogP contribution in [0.4, 0.5) is 8.78 Å². The van der Waals surface area contributed by atoms with E-state index in [0.717, 1.165) is 36.1 Å². The van der Waals surface area contributed by atoms with Gasteiger partial charge in [-0.05, 0) is 74.9 Å². The first-order chi connectivity index (χ1) is 24.2. The molecule has 1 heterocycles. The Morgan fingerprint density at radius 3 is 1.84 bits per heavy atom. The molecule has 1 fully saturated rings. The van der Waals surface area contributed by atoms with Crippen molar-refractivity contribution in [2.24, 2.45) is 0 Å². The Labute approximate surface area is 288 Å². The zero-order valence-electron chi connectivity index (χ0n) is 27.7. The second kappa shape index (κ2) is 18.6. The van der Waals surface area contributed by atoms with Crippen molar-refractivity contribution in [3.8, 4) is 22.6 Å². The minimum Gasteiger partial charge on any atom is -0.490 e. The maximum absolute atomic E-state index is 14.8. The van der Waals surface area contributed by atoms with Gasteiger partial charge < -0.3 is 33.2 Å². The molecule has 4 rings (SSSR count). The Hall–Kier alpha value is -5.14.